The number of aromatic carboxylic acids is 1. The first-order valence-electron chi connectivity index (χ1n) is 7.00. The second kappa shape index (κ2) is 7.55. The van der Waals surface area contributed by atoms with Crippen LogP contribution in [0.3, 0.4) is 0 Å². The van der Waals surface area contributed by atoms with Crippen LogP contribution in [0.25, 0.3) is 0 Å². The monoisotopic (exact) mass is 367 g/mol. The van der Waals surface area contributed by atoms with Gasteiger partial charge in [0.25, 0.3) is 5.91 Å². The normalized spacial score (nSPS) is 10.3. The highest BCUT2D eigenvalue weighted by atomic mass is 35.5. The van der Waals surface area contributed by atoms with E-state index in [4.69, 9.17) is 33.0 Å². The minimum atomic E-state index is -1.21. The fourth-order valence-corrected chi connectivity index (χ4v) is 2.46. The van der Waals surface area contributed by atoms with Crippen molar-refractivity contribution in [3.8, 4) is 5.75 Å². The quantitative estimate of drug-likeness (QED) is 0.824. The molecule has 0 bridgehead atoms. The minimum Gasteiger partial charge on any atom is -0.484 e. The molecule has 0 aliphatic rings. The number of halogens is 2. The van der Waals surface area contributed by atoms with Gasteiger partial charge in [0.15, 0.2) is 6.61 Å². The summed E-state index contributed by atoms with van der Waals surface area (Å²) in [5.41, 5.74) is 2.19. The van der Waals surface area contributed by atoms with Crippen molar-refractivity contribution in [3.63, 3.8) is 0 Å². The van der Waals surface area contributed by atoms with Crippen molar-refractivity contribution < 1.29 is 19.4 Å². The Kier molecular flexibility index (Phi) is 5.70. The summed E-state index contributed by atoms with van der Waals surface area (Å²) >= 11 is 11.8. The van der Waals surface area contributed by atoms with Crippen LogP contribution in [0.1, 0.15) is 21.5 Å². The Morgan fingerprint density at radius 2 is 1.79 bits per heavy atom. The molecule has 0 aromatic heterocycles. The smallest absolute Gasteiger partial charge is 0.337 e. The van der Waals surface area contributed by atoms with Gasteiger partial charge in [0.1, 0.15) is 5.75 Å². The largest absolute Gasteiger partial charge is 0.484 e. The Labute approximate surface area is 149 Å². The second-order valence-corrected chi connectivity index (χ2v) is 6.01. The summed E-state index contributed by atoms with van der Waals surface area (Å²) in [5.74, 6) is -1.10. The molecule has 0 aliphatic heterocycles. The van der Waals surface area contributed by atoms with Gasteiger partial charge in [0.2, 0.25) is 0 Å². The Bertz CT molecular complexity index is 805. The standard InChI is InChI=1S/C17H15Cl2NO4/c1-9-3-4-11(5-10(9)2)24-8-16(21)20-15-6-12(17(22)23)13(18)7-14(15)19/h3-7H,8H2,1-2H3,(H,20,21)(H,22,23). The van der Waals surface area contributed by atoms with Crippen molar-refractivity contribution in [2.75, 3.05) is 11.9 Å². The molecule has 2 aromatic carbocycles. The van der Waals surface area contributed by atoms with Gasteiger partial charge in [-0.1, -0.05) is 29.3 Å². The average Bonchev–Trinajstić information content (AvgIpc) is 2.50. The van der Waals surface area contributed by atoms with Gasteiger partial charge >= 0.3 is 5.97 Å². The number of nitrogens with one attached hydrogen (secondary N) is 1. The molecule has 0 saturated heterocycles. The molecule has 0 heterocycles. The van der Waals surface area contributed by atoms with Crippen molar-refractivity contribution in [3.05, 3.63) is 57.1 Å². The SMILES string of the molecule is Cc1ccc(OCC(=O)Nc2cc(C(=O)O)c(Cl)cc2Cl)cc1C. The van der Waals surface area contributed by atoms with Crippen LogP contribution in [-0.4, -0.2) is 23.6 Å². The van der Waals surface area contributed by atoms with Gasteiger partial charge in [0, 0.05) is 0 Å². The van der Waals surface area contributed by atoms with Crippen molar-refractivity contribution in [1.82, 2.24) is 0 Å². The number of hydrogen-bond acceptors (Lipinski definition) is 3. The van der Waals surface area contributed by atoms with Crippen LogP contribution in [0, 0.1) is 13.8 Å². The highest BCUT2D eigenvalue weighted by Gasteiger charge is 2.15. The van der Waals surface area contributed by atoms with Crippen LogP contribution in [0.15, 0.2) is 30.3 Å². The molecule has 0 atom stereocenters. The van der Waals surface area contributed by atoms with Crippen molar-refractivity contribution in [2.45, 2.75) is 13.8 Å². The molecular formula is C17H15Cl2NO4. The topological polar surface area (TPSA) is 75.6 Å². The van der Waals surface area contributed by atoms with Gasteiger partial charge in [-0.25, -0.2) is 4.79 Å². The lowest BCUT2D eigenvalue weighted by Crippen LogP contribution is -2.20. The molecule has 24 heavy (non-hydrogen) atoms. The lowest BCUT2D eigenvalue weighted by atomic mass is 10.1. The fraction of sp³-hybridized carbons (Fsp3) is 0.176. The number of carboxylic acid groups (broad SMARTS) is 1. The third-order valence-electron chi connectivity index (χ3n) is 3.41. The summed E-state index contributed by atoms with van der Waals surface area (Å²) in [4.78, 5) is 23.1. The lowest BCUT2D eigenvalue weighted by Gasteiger charge is -2.11. The van der Waals surface area contributed by atoms with E-state index in [9.17, 15) is 9.59 Å². The third kappa shape index (κ3) is 4.40. The van der Waals surface area contributed by atoms with Gasteiger partial charge in [-0.05, 0) is 49.2 Å². The van der Waals surface area contributed by atoms with E-state index < -0.39 is 11.9 Å². The van der Waals surface area contributed by atoms with Gasteiger partial charge in [-0.15, -0.1) is 0 Å². The van der Waals surface area contributed by atoms with Crippen LogP contribution < -0.4 is 10.1 Å². The molecule has 0 saturated carbocycles. The van der Waals surface area contributed by atoms with Gasteiger partial charge in [0.05, 0.1) is 21.3 Å². The zero-order valence-electron chi connectivity index (χ0n) is 13.0. The zero-order valence-corrected chi connectivity index (χ0v) is 14.5. The maximum atomic E-state index is 12.0. The molecule has 1 amide bonds. The van der Waals surface area contributed by atoms with E-state index >= 15 is 0 Å². The number of amides is 1. The summed E-state index contributed by atoms with van der Waals surface area (Å²) in [6.45, 7) is 3.70. The van der Waals surface area contributed by atoms with Gasteiger partial charge in [-0.2, -0.15) is 0 Å². The molecule has 0 fully saturated rings. The van der Waals surface area contributed by atoms with E-state index in [1.165, 1.54) is 12.1 Å². The summed E-state index contributed by atoms with van der Waals surface area (Å²) in [7, 11) is 0. The van der Waals surface area contributed by atoms with Crippen LogP contribution in [0.2, 0.25) is 10.0 Å². The molecule has 2 rings (SSSR count). The van der Waals surface area contributed by atoms with Gasteiger partial charge in [-0.3, -0.25) is 4.79 Å². The van der Waals surface area contributed by atoms with E-state index in [0.29, 0.717) is 5.75 Å². The Morgan fingerprint density at radius 1 is 1.08 bits per heavy atom. The Morgan fingerprint density at radius 3 is 2.42 bits per heavy atom. The van der Waals surface area contributed by atoms with E-state index in [0.717, 1.165) is 11.1 Å². The number of benzene rings is 2. The molecule has 7 heteroatoms. The number of aryl methyl sites for hydroxylation is 2. The van der Waals surface area contributed by atoms with Crippen LogP contribution in [-0.2, 0) is 4.79 Å². The highest BCUT2D eigenvalue weighted by Crippen LogP contribution is 2.29. The number of carbonyl (C=O) groups is 2. The molecule has 5 nitrogen and oxygen atoms in total. The summed E-state index contributed by atoms with van der Waals surface area (Å²) in [6.07, 6.45) is 0. The summed E-state index contributed by atoms with van der Waals surface area (Å²) in [5, 5.41) is 11.7. The van der Waals surface area contributed by atoms with E-state index in [1.54, 1.807) is 6.07 Å². The van der Waals surface area contributed by atoms with Crippen molar-refractivity contribution in [2.24, 2.45) is 0 Å². The summed E-state index contributed by atoms with van der Waals surface area (Å²) in [6, 6.07) is 7.99. The first-order chi connectivity index (χ1) is 11.3. The Balaban J connectivity index is 2.05. The van der Waals surface area contributed by atoms with Crippen LogP contribution >= 0.6 is 23.2 Å². The van der Waals surface area contributed by atoms with Crippen molar-refractivity contribution >= 4 is 40.8 Å². The van der Waals surface area contributed by atoms with Crippen LogP contribution in [0.5, 0.6) is 5.75 Å². The summed E-state index contributed by atoms with van der Waals surface area (Å²) < 4.78 is 5.42. The number of ether oxygens (including phenoxy) is 1. The molecule has 2 aromatic rings. The Hall–Kier alpha value is -2.24. The predicted octanol–water partition coefficient (Wildman–Crippen LogP) is 4.33. The minimum absolute atomic E-state index is 0.00289. The number of anilines is 1. The maximum Gasteiger partial charge on any atom is 0.337 e. The third-order valence-corrected chi connectivity index (χ3v) is 4.03. The average molecular weight is 368 g/mol. The van der Waals surface area contributed by atoms with E-state index in [2.05, 4.69) is 5.32 Å². The number of carbonyl (C=O) groups excluding carboxylic acids is 1. The highest BCUT2D eigenvalue weighted by molar-refractivity contribution is 6.38. The molecule has 0 unspecified atom stereocenters. The molecule has 2 N–H and O–H groups in total. The first-order valence-corrected chi connectivity index (χ1v) is 7.75. The van der Waals surface area contributed by atoms with E-state index in [1.807, 2.05) is 26.0 Å². The second-order valence-electron chi connectivity index (χ2n) is 5.20. The van der Waals surface area contributed by atoms with E-state index in [-0.39, 0.29) is 27.9 Å². The fourth-order valence-electron chi connectivity index (χ4n) is 1.95. The molecule has 0 spiro atoms. The number of rotatable bonds is 5. The number of carboxylic acids is 1. The molecular weight excluding hydrogens is 353 g/mol. The van der Waals surface area contributed by atoms with Gasteiger partial charge < -0.3 is 15.2 Å². The maximum absolute atomic E-state index is 12.0. The molecule has 126 valence electrons. The first kappa shape index (κ1) is 18.1. The molecule has 0 aliphatic carbocycles. The van der Waals surface area contributed by atoms with Crippen LogP contribution in [0.4, 0.5) is 5.69 Å². The molecule has 0 radical (unpaired) electrons. The lowest BCUT2D eigenvalue weighted by molar-refractivity contribution is -0.118. The number of hydrogen-bond donors (Lipinski definition) is 2. The van der Waals surface area contributed by atoms with Crippen molar-refractivity contribution in [1.29, 1.82) is 0 Å². The predicted molar refractivity (Wildman–Crippen MR) is 93.5 cm³/mol. The zero-order chi connectivity index (χ0) is 17.9.